The third kappa shape index (κ3) is 3.12. The van der Waals surface area contributed by atoms with Crippen molar-refractivity contribution in [3.63, 3.8) is 0 Å². The van der Waals surface area contributed by atoms with Crippen molar-refractivity contribution >= 4 is 6.03 Å². The van der Waals surface area contributed by atoms with Gasteiger partial charge in [-0.3, -0.25) is 0 Å². The van der Waals surface area contributed by atoms with Crippen molar-refractivity contribution in [2.45, 2.75) is 51.0 Å². The van der Waals surface area contributed by atoms with Crippen LogP contribution in [0.5, 0.6) is 0 Å². The Morgan fingerprint density at radius 2 is 1.76 bits per heavy atom. The first-order valence-corrected chi connectivity index (χ1v) is 7.08. The van der Waals surface area contributed by atoms with Gasteiger partial charge in [0.05, 0.1) is 0 Å². The van der Waals surface area contributed by atoms with Crippen molar-refractivity contribution in [3.8, 4) is 0 Å². The first-order valence-electron chi connectivity index (χ1n) is 7.08. The number of hydrogen-bond donors (Lipinski definition) is 1. The number of nitrogens with zero attached hydrogens (tertiary/aromatic N) is 2. The van der Waals surface area contributed by atoms with Gasteiger partial charge in [-0.05, 0) is 32.1 Å². The summed E-state index contributed by atoms with van der Waals surface area (Å²) in [7, 11) is 0. The number of amides is 2. The van der Waals surface area contributed by atoms with Crippen LogP contribution in [0.15, 0.2) is 0 Å². The summed E-state index contributed by atoms with van der Waals surface area (Å²) in [5, 5.41) is 0. The molecule has 0 atom stereocenters. The van der Waals surface area contributed by atoms with Gasteiger partial charge in [-0.25, -0.2) is 4.79 Å². The molecule has 2 N–H and O–H groups in total. The predicted molar refractivity (Wildman–Crippen MR) is 68.8 cm³/mol. The average Bonchev–Trinajstić information content (AvgIpc) is 2.53. The van der Waals surface area contributed by atoms with Gasteiger partial charge in [-0.15, -0.1) is 0 Å². The Hall–Kier alpha value is -0.770. The SMILES string of the molecule is NCCN(C(=O)N1CCCCCC1)C1CCC1. The number of nitrogens with two attached hydrogens (primary N) is 1. The van der Waals surface area contributed by atoms with Crippen LogP contribution in [0.1, 0.15) is 44.9 Å². The predicted octanol–water partition coefficient (Wildman–Crippen LogP) is 1.80. The van der Waals surface area contributed by atoms with Crippen LogP contribution in [-0.2, 0) is 0 Å². The fraction of sp³-hybridized carbons (Fsp3) is 0.923. The molecule has 0 radical (unpaired) electrons. The molecule has 2 aliphatic rings. The second-order valence-electron chi connectivity index (χ2n) is 5.25. The van der Waals surface area contributed by atoms with Crippen molar-refractivity contribution in [1.29, 1.82) is 0 Å². The summed E-state index contributed by atoms with van der Waals surface area (Å²) >= 11 is 0. The van der Waals surface area contributed by atoms with Crippen molar-refractivity contribution in [3.05, 3.63) is 0 Å². The summed E-state index contributed by atoms with van der Waals surface area (Å²) in [6.45, 7) is 3.18. The van der Waals surface area contributed by atoms with E-state index in [0.29, 0.717) is 12.6 Å². The van der Waals surface area contributed by atoms with E-state index in [1.807, 2.05) is 9.80 Å². The van der Waals surface area contributed by atoms with Gasteiger partial charge in [0.15, 0.2) is 0 Å². The molecule has 2 rings (SSSR count). The average molecular weight is 239 g/mol. The highest BCUT2D eigenvalue weighted by Gasteiger charge is 2.31. The minimum absolute atomic E-state index is 0.238. The summed E-state index contributed by atoms with van der Waals surface area (Å²) in [4.78, 5) is 16.5. The molecule has 1 saturated heterocycles. The first-order chi connectivity index (χ1) is 8.33. The number of urea groups is 1. The lowest BCUT2D eigenvalue weighted by Crippen LogP contribution is -2.52. The molecule has 0 aromatic heterocycles. The Morgan fingerprint density at radius 3 is 2.24 bits per heavy atom. The van der Waals surface area contributed by atoms with E-state index in [1.54, 1.807) is 0 Å². The minimum atomic E-state index is 0.238. The van der Waals surface area contributed by atoms with E-state index in [2.05, 4.69) is 0 Å². The third-order valence-electron chi connectivity index (χ3n) is 4.01. The van der Waals surface area contributed by atoms with E-state index in [0.717, 1.165) is 32.5 Å². The number of rotatable bonds is 3. The topological polar surface area (TPSA) is 49.6 Å². The largest absolute Gasteiger partial charge is 0.329 e. The number of carbonyl (C=O) groups excluding carboxylic acids is 1. The second kappa shape index (κ2) is 6.24. The van der Waals surface area contributed by atoms with Gasteiger partial charge in [0, 0.05) is 32.2 Å². The van der Waals surface area contributed by atoms with Gasteiger partial charge in [-0.1, -0.05) is 12.8 Å². The Balaban J connectivity index is 1.93. The van der Waals surface area contributed by atoms with Crippen LogP contribution >= 0.6 is 0 Å². The Bertz CT molecular complexity index is 245. The first kappa shape index (κ1) is 12.7. The van der Waals surface area contributed by atoms with Crippen molar-refractivity contribution in [1.82, 2.24) is 9.80 Å². The molecule has 2 fully saturated rings. The maximum Gasteiger partial charge on any atom is 0.320 e. The third-order valence-corrected chi connectivity index (χ3v) is 4.01. The Labute approximate surface area is 104 Å². The van der Waals surface area contributed by atoms with E-state index in [4.69, 9.17) is 5.73 Å². The molecule has 0 spiro atoms. The van der Waals surface area contributed by atoms with E-state index < -0.39 is 0 Å². The molecule has 1 saturated carbocycles. The molecule has 0 aromatic rings. The van der Waals surface area contributed by atoms with Crippen LogP contribution in [0, 0.1) is 0 Å². The highest BCUT2D eigenvalue weighted by atomic mass is 16.2. The van der Waals surface area contributed by atoms with Crippen LogP contribution in [0.3, 0.4) is 0 Å². The Morgan fingerprint density at radius 1 is 1.12 bits per heavy atom. The molecule has 98 valence electrons. The smallest absolute Gasteiger partial charge is 0.320 e. The van der Waals surface area contributed by atoms with E-state index >= 15 is 0 Å². The zero-order valence-electron chi connectivity index (χ0n) is 10.7. The zero-order chi connectivity index (χ0) is 12.1. The van der Waals surface area contributed by atoms with Crippen LogP contribution in [-0.4, -0.2) is 48.1 Å². The van der Waals surface area contributed by atoms with Gasteiger partial charge < -0.3 is 15.5 Å². The summed E-state index contributed by atoms with van der Waals surface area (Å²) in [5.74, 6) is 0. The van der Waals surface area contributed by atoms with Crippen LogP contribution < -0.4 is 5.73 Å². The fourth-order valence-electron chi connectivity index (χ4n) is 2.72. The lowest BCUT2D eigenvalue weighted by atomic mass is 9.91. The van der Waals surface area contributed by atoms with Crippen molar-refractivity contribution in [2.75, 3.05) is 26.2 Å². The maximum atomic E-state index is 12.5. The number of hydrogen-bond acceptors (Lipinski definition) is 2. The fourth-order valence-corrected chi connectivity index (χ4v) is 2.72. The summed E-state index contributed by atoms with van der Waals surface area (Å²) < 4.78 is 0. The zero-order valence-corrected chi connectivity index (χ0v) is 10.7. The minimum Gasteiger partial charge on any atom is -0.329 e. The lowest BCUT2D eigenvalue weighted by Gasteiger charge is -2.40. The molecule has 4 nitrogen and oxygen atoms in total. The number of carbonyl (C=O) groups is 1. The lowest BCUT2D eigenvalue weighted by molar-refractivity contribution is 0.109. The summed E-state index contributed by atoms with van der Waals surface area (Å²) in [6.07, 6.45) is 8.45. The van der Waals surface area contributed by atoms with E-state index in [-0.39, 0.29) is 6.03 Å². The molecule has 0 unspecified atom stereocenters. The molecule has 17 heavy (non-hydrogen) atoms. The van der Waals surface area contributed by atoms with Crippen molar-refractivity contribution < 1.29 is 4.79 Å². The van der Waals surface area contributed by atoms with Crippen LogP contribution in [0.4, 0.5) is 4.79 Å². The highest BCUT2D eigenvalue weighted by molar-refractivity contribution is 5.75. The molecular weight excluding hydrogens is 214 g/mol. The molecule has 1 heterocycles. The van der Waals surface area contributed by atoms with E-state index in [1.165, 1.54) is 32.1 Å². The normalized spacial score (nSPS) is 21.8. The van der Waals surface area contributed by atoms with Gasteiger partial charge in [0.2, 0.25) is 0 Å². The molecule has 4 heteroatoms. The standard InChI is InChI=1S/C13H25N3O/c14-8-11-16(12-6-5-7-12)13(17)15-9-3-1-2-4-10-15/h12H,1-11,14H2. The summed E-state index contributed by atoms with van der Waals surface area (Å²) in [5.41, 5.74) is 5.63. The van der Waals surface area contributed by atoms with Gasteiger partial charge in [0.1, 0.15) is 0 Å². The van der Waals surface area contributed by atoms with E-state index in [9.17, 15) is 4.79 Å². The highest BCUT2D eigenvalue weighted by Crippen LogP contribution is 2.26. The molecule has 1 aliphatic heterocycles. The molecule has 0 aromatic carbocycles. The summed E-state index contributed by atoms with van der Waals surface area (Å²) in [6, 6.07) is 0.705. The molecule has 1 aliphatic carbocycles. The molecular formula is C13H25N3O. The monoisotopic (exact) mass is 239 g/mol. The molecule has 2 amide bonds. The number of likely N-dealkylation sites (tertiary alicyclic amines) is 1. The van der Waals surface area contributed by atoms with Crippen LogP contribution in [0.25, 0.3) is 0 Å². The maximum absolute atomic E-state index is 12.5. The van der Waals surface area contributed by atoms with Gasteiger partial charge in [-0.2, -0.15) is 0 Å². The Kier molecular flexibility index (Phi) is 4.66. The second-order valence-corrected chi connectivity index (χ2v) is 5.25. The van der Waals surface area contributed by atoms with Crippen molar-refractivity contribution in [2.24, 2.45) is 5.73 Å². The quantitative estimate of drug-likeness (QED) is 0.816. The van der Waals surface area contributed by atoms with Gasteiger partial charge in [0.25, 0.3) is 0 Å². The molecule has 0 bridgehead atoms. The van der Waals surface area contributed by atoms with Gasteiger partial charge >= 0.3 is 6.03 Å². The van der Waals surface area contributed by atoms with Crippen LogP contribution in [0.2, 0.25) is 0 Å².